The minimum atomic E-state index is -0.00241. The molecule has 83 heavy (non-hydrogen) atoms. The van der Waals surface area contributed by atoms with Crippen molar-refractivity contribution < 1.29 is 4.42 Å². The zero-order valence-electron chi connectivity index (χ0n) is 50.6. The minimum Gasteiger partial charge on any atom is -0.456 e. The highest BCUT2D eigenvalue weighted by Gasteiger charge is 2.47. The van der Waals surface area contributed by atoms with Crippen LogP contribution >= 0.6 is 0 Å². The van der Waals surface area contributed by atoms with Crippen LogP contribution in [0, 0.1) is 21.7 Å². The maximum absolute atomic E-state index is 6.43. The number of anilines is 9. The highest BCUT2D eigenvalue weighted by atomic mass is 16.3. The number of nitrogens with zero attached hydrogens (tertiary/aromatic N) is 3. The summed E-state index contributed by atoms with van der Waals surface area (Å²) in [6, 6.07) is 64.6. The molecule has 0 bridgehead atoms. The lowest BCUT2D eigenvalue weighted by atomic mass is 9.33. The second-order valence-electron chi connectivity index (χ2n) is 30.4. The molecule has 0 atom stereocenters. The molecule has 6 aliphatic rings. The molecule has 4 nitrogen and oxygen atoms in total. The van der Waals surface area contributed by atoms with Gasteiger partial charge in [0.15, 0.2) is 0 Å². The number of hydrogen-bond acceptors (Lipinski definition) is 4. The van der Waals surface area contributed by atoms with Crippen LogP contribution in [0.1, 0.15) is 126 Å². The van der Waals surface area contributed by atoms with Gasteiger partial charge in [-0.05, 0) is 247 Å². The zero-order chi connectivity index (χ0) is 56.9. The third-order valence-corrected chi connectivity index (χ3v) is 20.0. The van der Waals surface area contributed by atoms with Crippen molar-refractivity contribution in [1.82, 2.24) is 0 Å². The predicted molar refractivity (Wildman–Crippen MR) is 351 cm³/mol. The average molecular weight is 1080 g/mol. The maximum atomic E-state index is 6.43. The molecule has 0 fully saturated rings. The summed E-state index contributed by atoms with van der Waals surface area (Å²) >= 11 is 0. The van der Waals surface area contributed by atoms with Crippen LogP contribution in [0.2, 0.25) is 0 Å². The Kier molecular flexibility index (Phi) is 10.7. The fraction of sp³-hybridized carbons (Fsp3) is 0.308. The van der Waals surface area contributed by atoms with Crippen LogP contribution in [0.25, 0.3) is 33.1 Å². The van der Waals surface area contributed by atoms with E-state index in [9.17, 15) is 0 Å². The van der Waals surface area contributed by atoms with Gasteiger partial charge in [-0.25, -0.2) is 0 Å². The summed E-state index contributed by atoms with van der Waals surface area (Å²) in [5.74, 6) is 0.887. The van der Waals surface area contributed by atoms with E-state index in [2.05, 4.69) is 249 Å². The van der Waals surface area contributed by atoms with Crippen molar-refractivity contribution in [2.24, 2.45) is 21.7 Å². The first-order valence-electron chi connectivity index (χ1n) is 30.8. The SMILES string of the molecule is CC1(C)Cc2ccc(N3c4cc5c(cc4B4c6cc7c(cc6N(c6ccc8c(c6)CC(C)(C)C8)c6cc(N(c8ccc(C(C)(C)C)cc8)c8ccc9cc(-c%10cc%11ccccc%11o%10)ccc9c8)cc3c64)CC(C)(C)C7)CC(C)(C)C5)cc2C1. The van der Waals surface area contributed by atoms with Gasteiger partial charge in [-0.2, -0.15) is 0 Å². The summed E-state index contributed by atoms with van der Waals surface area (Å²) < 4.78 is 6.43. The van der Waals surface area contributed by atoms with Gasteiger partial charge in [0.2, 0.25) is 0 Å². The second-order valence-corrected chi connectivity index (χ2v) is 30.4. The normalized spacial score (nSPS) is 18.0. The summed E-state index contributed by atoms with van der Waals surface area (Å²) in [5, 5.41) is 3.47. The summed E-state index contributed by atoms with van der Waals surface area (Å²) in [5.41, 5.74) is 31.4. The fourth-order valence-electron chi connectivity index (χ4n) is 16.4. The van der Waals surface area contributed by atoms with Crippen LogP contribution in [0.15, 0.2) is 168 Å². The molecule has 0 N–H and O–H groups in total. The minimum absolute atomic E-state index is 0.00241. The molecule has 4 aliphatic carbocycles. The van der Waals surface area contributed by atoms with Crippen molar-refractivity contribution in [3.05, 3.63) is 214 Å². The van der Waals surface area contributed by atoms with E-state index in [0.717, 1.165) is 90.7 Å². The van der Waals surface area contributed by atoms with Crippen molar-refractivity contribution in [3.63, 3.8) is 0 Å². The summed E-state index contributed by atoms with van der Waals surface area (Å²) in [7, 11) is 0. The molecule has 10 aromatic rings. The smallest absolute Gasteiger partial charge is 0.252 e. The van der Waals surface area contributed by atoms with Crippen molar-refractivity contribution in [2.45, 2.75) is 133 Å². The lowest BCUT2D eigenvalue weighted by molar-refractivity contribution is 0.392. The second kappa shape index (κ2) is 17.4. The third-order valence-electron chi connectivity index (χ3n) is 20.0. The molecule has 9 aromatic carbocycles. The molecular formula is C78H76BN3O. The van der Waals surface area contributed by atoms with E-state index in [1.165, 1.54) is 111 Å². The van der Waals surface area contributed by atoms with E-state index in [1.54, 1.807) is 0 Å². The number of para-hydroxylation sites is 1. The number of rotatable bonds is 6. The highest BCUT2D eigenvalue weighted by molar-refractivity contribution is 7.00. The average Bonchev–Trinajstić information content (AvgIpc) is 1.39. The number of benzene rings is 9. The van der Waals surface area contributed by atoms with Crippen molar-refractivity contribution in [3.8, 4) is 11.3 Å². The molecule has 0 saturated heterocycles. The first-order valence-corrected chi connectivity index (χ1v) is 30.8. The van der Waals surface area contributed by atoms with Crippen LogP contribution in [0.5, 0.6) is 0 Å². The van der Waals surface area contributed by atoms with Gasteiger partial charge in [-0.3, -0.25) is 0 Å². The predicted octanol–water partition coefficient (Wildman–Crippen LogP) is 18.6. The van der Waals surface area contributed by atoms with Crippen molar-refractivity contribution >= 4 is 96.0 Å². The Bertz CT molecular complexity index is 4210. The lowest BCUT2D eigenvalue weighted by Crippen LogP contribution is -2.61. The Morgan fingerprint density at radius 2 is 0.867 bits per heavy atom. The summed E-state index contributed by atoms with van der Waals surface area (Å²) in [4.78, 5) is 7.99. The van der Waals surface area contributed by atoms with Gasteiger partial charge in [-0.1, -0.05) is 149 Å². The van der Waals surface area contributed by atoms with Crippen LogP contribution in [0.3, 0.4) is 0 Å². The van der Waals surface area contributed by atoms with Crippen molar-refractivity contribution in [2.75, 3.05) is 14.7 Å². The van der Waals surface area contributed by atoms with Crippen LogP contribution in [-0.2, 0) is 56.8 Å². The number of furan rings is 1. The Morgan fingerprint density at radius 3 is 1.40 bits per heavy atom. The monoisotopic (exact) mass is 1080 g/mol. The van der Waals surface area contributed by atoms with E-state index in [0.29, 0.717) is 0 Å². The topological polar surface area (TPSA) is 22.9 Å². The standard InChI is InChI=1S/C78H76BN3O/c1-74(2,3)59-21-26-60(27-22-59)80(61-23-18-47-28-50(17-16-48(47)29-61)72-36-49-14-12-13-15-71(49)83-72)64-37-69-73-70(38-64)82(63-25-20-52-40-76(6,7)42-54(52)31-63)68-35-58-46-78(10,11)44-56(58)33-66(68)79(73)65-32-55-43-77(8,9)45-57(55)34-67(65)81(69)62-24-19-51-39-75(4,5)41-53(51)30-62/h12-38H,39-46H2,1-11H3. The maximum Gasteiger partial charge on any atom is 0.252 e. The van der Waals surface area contributed by atoms with Crippen LogP contribution in [-0.4, -0.2) is 6.71 Å². The van der Waals surface area contributed by atoms with Gasteiger partial charge < -0.3 is 19.1 Å². The molecule has 0 amide bonds. The van der Waals surface area contributed by atoms with E-state index >= 15 is 0 Å². The molecule has 0 saturated carbocycles. The summed E-state index contributed by atoms with van der Waals surface area (Å²) in [6.45, 7) is 26.6. The quantitative estimate of drug-likeness (QED) is 0.155. The van der Waals surface area contributed by atoms with Gasteiger partial charge >= 0.3 is 0 Å². The van der Waals surface area contributed by atoms with E-state index in [1.807, 2.05) is 6.07 Å². The molecule has 2 aliphatic heterocycles. The Balaban J connectivity index is 0.981. The van der Waals surface area contributed by atoms with Crippen LogP contribution < -0.4 is 31.1 Å². The largest absolute Gasteiger partial charge is 0.456 e. The molecule has 5 heteroatoms. The Labute approximate surface area is 492 Å². The van der Waals surface area contributed by atoms with Gasteiger partial charge in [-0.15, -0.1) is 0 Å². The van der Waals surface area contributed by atoms with E-state index < -0.39 is 0 Å². The van der Waals surface area contributed by atoms with Gasteiger partial charge in [0.1, 0.15) is 11.3 Å². The molecule has 0 unspecified atom stereocenters. The van der Waals surface area contributed by atoms with Gasteiger partial charge in [0.05, 0.1) is 5.69 Å². The Morgan fingerprint density at radius 1 is 0.398 bits per heavy atom. The lowest BCUT2D eigenvalue weighted by Gasteiger charge is -2.45. The Hall–Kier alpha value is -7.76. The first kappa shape index (κ1) is 50.9. The van der Waals surface area contributed by atoms with E-state index in [4.69, 9.17) is 4.42 Å². The molecule has 16 rings (SSSR count). The third kappa shape index (κ3) is 8.36. The van der Waals surface area contributed by atoms with Crippen LogP contribution in [0.4, 0.5) is 51.2 Å². The fourth-order valence-corrected chi connectivity index (χ4v) is 16.4. The van der Waals surface area contributed by atoms with Crippen molar-refractivity contribution in [1.29, 1.82) is 0 Å². The molecule has 3 heterocycles. The van der Waals surface area contributed by atoms with Gasteiger partial charge in [0, 0.05) is 56.4 Å². The summed E-state index contributed by atoms with van der Waals surface area (Å²) in [6.07, 6.45) is 8.70. The molecule has 0 spiro atoms. The molecule has 1 aromatic heterocycles. The number of hydrogen-bond donors (Lipinski definition) is 0. The molecular weight excluding hydrogens is 1010 g/mol. The highest BCUT2D eigenvalue weighted by Crippen LogP contribution is 2.53. The zero-order valence-corrected chi connectivity index (χ0v) is 50.6. The van der Waals surface area contributed by atoms with E-state index in [-0.39, 0.29) is 33.8 Å². The number of fused-ring (bicyclic) bond motifs is 10. The molecule has 412 valence electrons. The first-order chi connectivity index (χ1) is 39.6. The molecule has 0 radical (unpaired) electrons. The van der Waals surface area contributed by atoms with Gasteiger partial charge in [0.25, 0.3) is 6.71 Å².